The Morgan fingerprint density at radius 3 is 2.43 bits per heavy atom. The molecule has 42 valence electrons. The highest BCUT2D eigenvalue weighted by molar-refractivity contribution is 9.09. The van der Waals surface area contributed by atoms with Crippen molar-refractivity contribution < 1.29 is 9.84 Å². The van der Waals surface area contributed by atoms with Crippen molar-refractivity contribution in [2.24, 2.45) is 0 Å². The van der Waals surface area contributed by atoms with E-state index in [0.717, 1.165) is 0 Å². The van der Waals surface area contributed by atoms with Gasteiger partial charge in [-0.25, -0.2) is 0 Å². The Morgan fingerprint density at radius 1 is 1.57 bits per heavy atom. The third-order valence-corrected chi connectivity index (χ3v) is 1.86. The van der Waals surface area contributed by atoms with E-state index < -0.39 is 0 Å². The van der Waals surface area contributed by atoms with E-state index in [1.165, 1.54) is 0 Å². The smallest absolute Gasteiger partial charge is 0.0920 e. The SMILES string of the molecule is O[C@H]1COC[C@H]1Br. The van der Waals surface area contributed by atoms with Crippen LogP contribution in [0.3, 0.4) is 0 Å². The fourth-order valence-corrected chi connectivity index (χ4v) is 0.856. The van der Waals surface area contributed by atoms with Gasteiger partial charge in [-0.15, -0.1) is 0 Å². The maximum Gasteiger partial charge on any atom is 0.0920 e. The first-order valence-corrected chi connectivity index (χ1v) is 3.12. The molecule has 1 saturated heterocycles. The molecule has 0 bridgehead atoms. The molecule has 3 heteroatoms. The fraction of sp³-hybridized carbons (Fsp3) is 1.00. The summed E-state index contributed by atoms with van der Waals surface area (Å²) in [6, 6.07) is 0. The van der Waals surface area contributed by atoms with Gasteiger partial charge < -0.3 is 9.84 Å². The van der Waals surface area contributed by atoms with E-state index in [2.05, 4.69) is 15.9 Å². The first-order valence-electron chi connectivity index (χ1n) is 2.20. The van der Waals surface area contributed by atoms with E-state index in [1.54, 1.807) is 0 Å². The van der Waals surface area contributed by atoms with Crippen molar-refractivity contribution in [1.29, 1.82) is 0 Å². The third-order valence-electron chi connectivity index (χ3n) is 0.983. The van der Waals surface area contributed by atoms with Crippen LogP contribution in [0, 0.1) is 0 Å². The minimum absolute atomic E-state index is 0.160. The van der Waals surface area contributed by atoms with Gasteiger partial charge in [-0.3, -0.25) is 0 Å². The molecule has 0 aromatic rings. The molecule has 1 heterocycles. The van der Waals surface area contributed by atoms with Crippen LogP contribution >= 0.6 is 15.9 Å². The number of rotatable bonds is 0. The molecular formula is C4H7BrO2. The van der Waals surface area contributed by atoms with Gasteiger partial charge in [0.2, 0.25) is 0 Å². The highest BCUT2D eigenvalue weighted by atomic mass is 79.9. The summed E-state index contributed by atoms with van der Waals surface area (Å²) in [5.74, 6) is 0. The summed E-state index contributed by atoms with van der Waals surface area (Å²) in [5.41, 5.74) is 0. The lowest BCUT2D eigenvalue weighted by atomic mass is 10.3. The van der Waals surface area contributed by atoms with Crippen molar-refractivity contribution in [2.45, 2.75) is 10.9 Å². The van der Waals surface area contributed by atoms with Crippen molar-refractivity contribution in [3.05, 3.63) is 0 Å². The standard InChI is InChI=1S/C4H7BrO2/c5-3-1-7-2-4(3)6/h3-4,6H,1-2H2/t3-,4+/m1/s1. The summed E-state index contributed by atoms with van der Waals surface area (Å²) in [6.07, 6.45) is -0.292. The van der Waals surface area contributed by atoms with Gasteiger partial charge >= 0.3 is 0 Å². The molecule has 0 unspecified atom stereocenters. The van der Waals surface area contributed by atoms with Gasteiger partial charge in [0.1, 0.15) is 0 Å². The molecule has 2 nitrogen and oxygen atoms in total. The van der Waals surface area contributed by atoms with E-state index in [-0.39, 0.29) is 10.9 Å². The van der Waals surface area contributed by atoms with Gasteiger partial charge in [0, 0.05) is 0 Å². The van der Waals surface area contributed by atoms with Crippen molar-refractivity contribution in [3.8, 4) is 0 Å². The van der Waals surface area contributed by atoms with Crippen LogP contribution in [0.15, 0.2) is 0 Å². The molecule has 2 atom stereocenters. The Hall–Kier alpha value is 0.400. The highest BCUT2D eigenvalue weighted by Gasteiger charge is 2.22. The van der Waals surface area contributed by atoms with Crippen molar-refractivity contribution in [1.82, 2.24) is 0 Å². The summed E-state index contributed by atoms with van der Waals surface area (Å²) < 4.78 is 4.87. The van der Waals surface area contributed by atoms with Gasteiger partial charge in [0.05, 0.1) is 24.1 Å². The van der Waals surface area contributed by atoms with Gasteiger partial charge in [0.15, 0.2) is 0 Å². The van der Waals surface area contributed by atoms with E-state index in [4.69, 9.17) is 9.84 Å². The minimum Gasteiger partial charge on any atom is -0.389 e. The van der Waals surface area contributed by atoms with Crippen molar-refractivity contribution in [3.63, 3.8) is 0 Å². The van der Waals surface area contributed by atoms with Crippen LogP contribution in [-0.2, 0) is 4.74 Å². The number of hydrogen-bond donors (Lipinski definition) is 1. The zero-order valence-corrected chi connectivity index (χ0v) is 5.39. The Labute approximate surface area is 50.6 Å². The number of aliphatic hydroxyl groups is 1. The van der Waals surface area contributed by atoms with Gasteiger partial charge in [-0.2, -0.15) is 0 Å². The van der Waals surface area contributed by atoms with E-state index in [0.29, 0.717) is 13.2 Å². The maximum atomic E-state index is 8.83. The zero-order chi connectivity index (χ0) is 5.28. The molecule has 1 aliphatic rings. The Kier molecular flexibility index (Phi) is 1.67. The summed E-state index contributed by atoms with van der Waals surface area (Å²) >= 11 is 3.23. The van der Waals surface area contributed by atoms with Gasteiger partial charge in [-0.05, 0) is 0 Å². The normalized spacial score (nSPS) is 42.0. The lowest BCUT2D eigenvalue weighted by Crippen LogP contribution is -2.16. The average molecular weight is 167 g/mol. The van der Waals surface area contributed by atoms with Crippen molar-refractivity contribution >= 4 is 15.9 Å². The van der Waals surface area contributed by atoms with Gasteiger partial charge in [0.25, 0.3) is 0 Å². The maximum absolute atomic E-state index is 8.83. The first-order chi connectivity index (χ1) is 3.30. The van der Waals surface area contributed by atoms with E-state index in [9.17, 15) is 0 Å². The molecule has 1 aliphatic heterocycles. The molecule has 0 aromatic heterocycles. The minimum atomic E-state index is -0.292. The molecule has 0 aromatic carbocycles. The molecule has 0 radical (unpaired) electrons. The summed E-state index contributed by atoms with van der Waals surface area (Å²) in [5, 5.41) is 8.83. The molecule has 0 aliphatic carbocycles. The predicted molar refractivity (Wildman–Crippen MR) is 29.5 cm³/mol. The Morgan fingerprint density at radius 2 is 2.29 bits per heavy atom. The van der Waals surface area contributed by atoms with E-state index >= 15 is 0 Å². The lowest BCUT2D eigenvalue weighted by Gasteiger charge is -1.98. The molecule has 1 N–H and O–H groups in total. The van der Waals surface area contributed by atoms with E-state index in [1.807, 2.05) is 0 Å². The molecular weight excluding hydrogens is 160 g/mol. The van der Waals surface area contributed by atoms with Crippen LogP contribution in [-0.4, -0.2) is 29.3 Å². The van der Waals surface area contributed by atoms with Crippen LogP contribution in [0.1, 0.15) is 0 Å². The number of halogens is 1. The second kappa shape index (κ2) is 2.11. The second-order valence-electron chi connectivity index (χ2n) is 1.62. The van der Waals surface area contributed by atoms with Gasteiger partial charge in [-0.1, -0.05) is 15.9 Å². The molecule has 0 saturated carbocycles. The highest BCUT2D eigenvalue weighted by Crippen LogP contribution is 2.12. The number of aliphatic hydroxyl groups excluding tert-OH is 1. The lowest BCUT2D eigenvalue weighted by molar-refractivity contribution is 0.127. The fourth-order valence-electron chi connectivity index (χ4n) is 0.517. The second-order valence-corrected chi connectivity index (χ2v) is 2.80. The summed E-state index contributed by atoms with van der Waals surface area (Å²) in [4.78, 5) is 0.160. The van der Waals surface area contributed by atoms with Crippen LogP contribution < -0.4 is 0 Å². The van der Waals surface area contributed by atoms with Crippen LogP contribution in [0.25, 0.3) is 0 Å². The molecule has 0 amide bonds. The average Bonchev–Trinajstić information content (AvgIpc) is 1.91. The topological polar surface area (TPSA) is 29.5 Å². The number of alkyl halides is 1. The monoisotopic (exact) mass is 166 g/mol. The first kappa shape index (κ1) is 5.54. The molecule has 1 fully saturated rings. The molecule has 0 spiro atoms. The Bertz CT molecular complexity index is 58.7. The summed E-state index contributed by atoms with van der Waals surface area (Å²) in [6.45, 7) is 1.12. The Balaban J connectivity index is 2.33. The molecule has 7 heavy (non-hydrogen) atoms. The zero-order valence-electron chi connectivity index (χ0n) is 3.80. The largest absolute Gasteiger partial charge is 0.389 e. The predicted octanol–water partition coefficient (Wildman–Crippen LogP) is 0.141. The van der Waals surface area contributed by atoms with Crippen LogP contribution in [0.2, 0.25) is 0 Å². The van der Waals surface area contributed by atoms with Crippen LogP contribution in [0.4, 0.5) is 0 Å². The summed E-state index contributed by atoms with van der Waals surface area (Å²) in [7, 11) is 0. The number of ether oxygens (including phenoxy) is 1. The molecule has 1 rings (SSSR count). The van der Waals surface area contributed by atoms with Crippen LogP contribution in [0.5, 0.6) is 0 Å². The number of hydrogen-bond acceptors (Lipinski definition) is 2. The third kappa shape index (κ3) is 1.15. The van der Waals surface area contributed by atoms with Crippen molar-refractivity contribution in [2.75, 3.05) is 13.2 Å². The quantitative estimate of drug-likeness (QED) is 0.520.